The van der Waals surface area contributed by atoms with Crippen LogP contribution in [-0.2, 0) is 14.3 Å². The van der Waals surface area contributed by atoms with Crippen LogP contribution in [-0.4, -0.2) is 37.3 Å². The molecule has 0 heterocycles. The molecule has 0 spiro atoms. The van der Waals surface area contributed by atoms with Gasteiger partial charge in [-0.05, 0) is 30.3 Å². The first-order chi connectivity index (χ1) is 13.7. The Hall–Kier alpha value is -3.39. The molecule has 2 aromatic rings. The van der Waals surface area contributed by atoms with E-state index in [0.29, 0.717) is 5.75 Å². The zero-order valence-electron chi connectivity index (χ0n) is 15.9. The number of hydrogen-bond acceptors (Lipinski definition) is 7. The Morgan fingerprint density at radius 2 is 1.69 bits per heavy atom. The number of ketones is 1. The molecule has 0 saturated heterocycles. The van der Waals surface area contributed by atoms with Crippen LogP contribution in [0.4, 0.5) is 5.69 Å². The van der Waals surface area contributed by atoms with Gasteiger partial charge in [-0.15, -0.1) is 0 Å². The van der Waals surface area contributed by atoms with Gasteiger partial charge in [0.05, 0.1) is 17.8 Å². The Balaban J connectivity index is 2.08. The van der Waals surface area contributed by atoms with E-state index in [0.717, 1.165) is 0 Å². The van der Waals surface area contributed by atoms with Gasteiger partial charge in [0.1, 0.15) is 17.1 Å². The number of halogens is 1. The monoisotopic (exact) mass is 419 g/mol. The van der Waals surface area contributed by atoms with Gasteiger partial charge in [0.2, 0.25) is 5.91 Å². The molecule has 0 radical (unpaired) electrons. The first-order valence-corrected chi connectivity index (χ1v) is 8.73. The van der Waals surface area contributed by atoms with Crippen LogP contribution in [0.25, 0.3) is 0 Å². The molecule has 2 aromatic carbocycles. The number of nitrogens with one attached hydrogen (secondary N) is 1. The lowest BCUT2D eigenvalue weighted by atomic mass is 10.1. The number of hydrogen-bond donors (Lipinski definition) is 1. The van der Waals surface area contributed by atoms with E-state index in [4.69, 9.17) is 25.8 Å². The van der Waals surface area contributed by atoms with E-state index in [1.807, 2.05) is 0 Å². The van der Waals surface area contributed by atoms with E-state index in [1.165, 1.54) is 57.4 Å². The molecule has 1 amide bonds. The fourth-order valence-electron chi connectivity index (χ4n) is 2.33. The molecule has 0 unspecified atom stereocenters. The molecule has 152 valence electrons. The van der Waals surface area contributed by atoms with Crippen molar-refractivity contribution in [2.45, 2.75) is 13.8 Å². The molecule has 8 nitrogen and oxygen atoms in total. The summed E-state index contributed by atoms with van der Waals surface area (Å²) in [5.41, 5.74) is 0.556. The molecule has 1 N–H and O–H groups in total. The van der Waals surface area contributed by atoms with E-state index in [9.17, 15) is 19.2 Å². The van der Waals surface area contributed by atoms with Gasteiger partial charge in [0.15, 0.2) is 12.4 Å². The third-order valence-corrected chi connectivity index (χ3v) is 3.90. The topological polar surface area (TPSA) is 108 Å². The molecule has 0 aliphatic carbocycles. The highest BCUT2D eigenvalue weighted by Crippen LogP contribution is 2.31. The second-order valence-corrected chi connectivity index (χ2v) is 6.24. The van der Waals surface area contributed by atoms with Crippen molar-refractivity contribution in [3.63, 3.8) is 0 Å². The Bertz CT molecular complexity index is 954. The zero-order chi connectivity index (χ0) is 21.6. The van der Waals surface area contributed by atoms with Crippen molar-refractivity contribution in [2.24, 2.45) is 0 Å². The van der Waals surface area contributed by atoms with E-state index in [2.05, 4.69) is 5.32 Å². The number of esters is 2. The number of rotatable bonds is 7. The number of methoxy groups -OCH3 is 1. The summed E-state index contributed by atoms with van der Waals surface area (Å²) in [6.45, 7) is 2.07. The van der Waals surface area contributed by atoms with E-state index in [-0.39, 0.29) is 33.5 Å². The highest BCUT2D eigenvalue weighted by atomic mass is 35.5. The van der Waals surface area contributed by atoms with Gasteiger partial charge in [-0.25, -0.2) is 4.79 Å². The van der Waals surface area contributed by atoms with Crippen molar-refractivity contribution >= 4 is 40.9 Å². The Kier molecular flexibility index (Phi) is 7.33. The number of carbonyl (C=O) groups is 4. The Morgan fingerprint density at radius 3 is 2.24 bits per heavy atom. The molecule has 0 saturated carbocycles. The lowest BCUT2D eigenvalue weighted by molar-refractivity contribution is -0.131. The quantitative estimate of drug-likeness (QED) is 0.416. The average Bonchev–Trinajstić information content (AvgIpc) is 2.66. The summed E-state index contributed by atoms with van der Waals surface area (Å²) in [7, 11) is 1.34. The lowest BCUT2D eigenvalue weighted by Crippen LogP contribution is -2.15. The van der Waals surface area contributed by atoms with Gasteiger partial charge in [-0.1, -0.05) is 11.6 Å². The van der Waals surface area contributed by atoms with Gasteiger partial charge < -0.3 is 19.5 Å². The lowest BCUT2D eigenvalue weighted by Gasteiger charge is -2.12. The maximum Gasteiger partial charge on any atom is 0.342 e. The first kappa shape index (κ1) is 21.9. The third kappa shape index (κ3) is 6.05. The predicted octanol–water partition coefficient (Wildman–Crippen LogP) is 3.27. The van der Waals surface area contributed by atoms with Crippen LogP contribution < -0.4 is 14.8 Å². The molecule has 2 rings (SSSR count). The molecular formula is C20H18ClNO7. The van der Waals surface area contributed by atoms with Crippen molar-refractivity contribution in [1.29, 1.82) is 0 Å². The second-order valence-electron chi connectivity index (χ2n) is 5.83. The number of benzene rings is 2. The van der Waals surface area contributed by atoms with E-state index in [1.54, 1.807) is 0 Å². The highest BCUT2D eigenvalue weighted by Gasteiger charge is 2.19. The van der Waals surface area contributed by atoms with E-state index < -0.39 is 24.3 Å². The van der Waals surface area contributed by atoms with Crippen LogP contribution in [0.15, 0.2) is 36.4 Å². The second kappa shape index (κ2) is 9.70. The molecule has 0 aliphatic rings. The Morgan fingerprint density at radius 1 is 1.03 bits per heavy atom. The van der Waals surface area contributed by atoms with Gasteiger partial charge >= 0.3 is 11.9 Å². The van der Waals surface area contributed by atoms with Gasteiger partial charge in [0, 0.05) is 25.5 Å². The molecule has 0 fully saturated rings. The van der Waals surface area contributed by atoms with Crippen LogP contribution in [0.1, 0.15) is 34.6 Å². The number of carbonyl (C=O) groups excluding carboxylic acids is 4. The minimum atomic E-state index is -0.817. The molecule has 29 heavy (non-hydrogen) atoms. The SMILES string of the molecule is COc1cc(NC(C)=O)c(Cl)cc1C(=O)OCC(=O)c1ccc(OC(C)=O)cc1. The summed E-state index contributed by atoms with van der Waals surface area (Å²) in [6, 6.07) is 8.49. The summed E-state index contributed by atoms with van der Waals surface area (Å²) >= 11 is 6.08. The summed E-state index contributed by atoms with van der Waals surface area (Å²) in [4.78, 5) is 46.7. The minimum Gasteiger partial charge on any atom is -0.496 e. The normalized spacial score (nSPS) is 10.1. The fourth-order valence-corrected chi connectivity index (χ4v) is 2.55. The minimum absolute atomic E-state index is 0.00427. The van der Waals surface area contributed by atoms with Crippen LogP contribution in [0.3, 0.4) is 0 Å². The maximum atomic E-state index is 12.4. The number of amides is 1. The van der Waals surface area contributed by atoms with Gasteiger partial charge in [0.25, 0.3) is 0 Å². The number of anilines is 1. The molecule has 0 bridgehead atoms. The largest absolute Gasteiger partial charge is 0.496 e. The average molecular weight is 420 g/mol. The van der Waals surface area contributed by atoms with Crippen molar-refractivity contribution in [3.8, 4) is 11.5 Å². The van der Waals surface area contributed by atoms with Crippen LogP contribution in [0, 0.1) is 0 Å². The van der Waals surface area contributed by atoms with Crippen molar-refractivity contribution in [2.75, 3.05) is 19.0 Å². The molecule has 9 heteroatoms. The van der Waals surface area contributed by atoms with Crippen LogP contribution >= 0.6 is 11.6 Å². The summed E-state index contributed by atoms with van der Waals surface area (Å²) < 4.78 is 15.1. The molecule has 0 atom stereocenters. The summed E-state index contributed by atoms with van der Waals surface area (Å²) in [5, 5.41) is 2.62. The Labute approximate surface area is 171 Å². The van der Waals surface area contributed by atoms with Gasteiger partial charge in [-0.3, -0.25) is 14.4 Å². The predicted molar refractivity (Wildman–Crippen MR) is 105 cm³/mol. The van der Waals surface area contributed by atoms with Crippen molar-refractivity contribution in [3.05, 3.63) is 52.5 Å². The van der Waals surface area contributed by atoms with Gasteiger partial charge in [-0.2, -0.15) is 0 Å². The standard InChI is InChI=1S/C20H18ClNO7/c1-11(23)22-17-9-19(27-3)15(8-16(17)21)20(26)28-10-18(25)13-4-6-14(7-5-13)29-12(2)24/h4-9H,10H2,1-3H3,(H,22,23). The number of Topliss-reactive ketones (excluding diaryl/α,β-unsaturated/α-hetero) is 1. The first-order valence-electron chi connectivity index (χ1n) is 8.35. The summed E-state index contributed by atoms with van der Waals surface area (Å²) in [5.74, 6) is -1.66. The molecule has 0 aliphatic heterocycles. The van der Waals surface area contributed by atoms with Crippen LogP contribution in [0.2, 0.25) is 5.02 Å². The number of ether oxygens (including phenoxy) is 3. The molecular weight excluding hydrogens is 402 g/mol. The van der Waals surface area contributed by atoms with Crippen molar-refractivity contribution < 1.29 is 33.4 Å². The third-order valence-electron chi connectivity index (χ3n) is 3.59. The fraction of sp³-hybridized carbons (Fsp3) is 0.200. The zero-order valence-corrected chi connectivity index (χ0v) is 16.7. The van der Waals surface area contributed by atoms with Crippen molar-refractivity contribution in [1.82, 2.24) is 0 Å². The smallest absolute Gasteiger partial charge is 0.342 e. The highest BCUT2D eigenvalue weighted by molar-refractivity contribution is 6.34. The summed E-state index contributed by atoms with van der Waals surface area (Å²) in [6.07, 6.45) is 0. The maximum absolute atomic E-state index is 12.4. The van der Waals surface area contributed by atoms with E-state index >= 15 is 0 Å². The molecule has 0 aromatic heterocycles. The van der Waals surface area contributed by atoms with Crippen LogP contribution in [0.5, 0.6) is 11.5 Å².